The standard InChI is InChI=1S/C10H17N.H2/c1-3-9(2)11-10-7-5-4-6-8-10;/h10-11H,1,4-8H2,2H3;1H. The third-order valence-corrected chi connectivity index (χ3v) is 2.29. The number of rotatable bonds is 2. The van der Waals surface area contributed by atoms with Gasteiger partial charge in [-0.05, 0) is 19.8 Å². The van der Waals surface area contributed by atoms with E-state index in [4.69, 9.17) is 0 Å². The number of hydrogen-bond donors (Lipinski definition) is 1. The molecule has 1 N–H and O–H groups in total. The first kappa shape index (κ1) is 8.42. The van der Waals surface area contributed by atoms with E-state index in [-0.39, 0.29) is 1.43 Å². The fourth-order valence-corrected chi connectivity index (χ4v) is 1.60. The fourth-order valence-electron chi connectivity index (χ4n) is 1.60. The van der Waals surface area contributed by atoms with Gasteiger partial charge in [-0.15, -0.1) is 5.73 Å². The van der Waals surface area contributed by atoms with Crippen molar-refractivity contribution in [3.8, 4) is 0 Å². The maximum Gasteiger partial charge on any atom is 0.0502 e. The lowest BCUT2D eigenvalue weighted by Gasteiger charge is -2.23. The van der Waals surface area contributed by atoms with Gasteiger partial charge in [0.05, 0.1) is 5.70 Å². The summed E-state index contributed by atoms with van der Waals surface area (Å²) in [5.74, 6) is 0. The van der Waals surface area contributed by atoms with Crippen molar-refractivity contribution in [2.75, 3.05) is 0 Å². The van der Waals surface area contributed by atoms with Crippen LogP contribution in [-0.2, 0) is 0 Å². The first-order valence-electron chi connectivity index (χ1n) is 4.46. The van der Waals surface area contributed by atoms with Gasteiger partial charge in [0.25, 0.3) is 0 Å². The molecule has 0 heterocycles. The molecule has 1 saturated carbocycles. The highest BCUT2D eigenvalue weighted by molar-refractivity contribution is 4.94. The largest absolute Gasteiger partial charge is 0.380 e. The molecular weight excluding hydrogens is 134 g/mol. The molecule has 0 aliphatic heterocycles. The summed E-state index contributed by atoms with van der Waals surface area (Å²) in [6.45, 7) is 5.63. The Morgan fingerprint density at radius 1 is 1.45 bits per heavy atom. The topological polar surface area (TPSA) is 12.0 Å². The van der Waals surface area contributed by atoms with E-state index in [1.54, 1.807) is 0 Å². The van der Waals surface area contributed by atoms with E-state index in [1.165, 1.54) is 32.1 Å². The van der Waals surface area contributed by atoms with Gasteiger partial charge in [0.1, 0.15) is 0 Å². The van der Waals surface area contributed by atoms with Gasteiger partial charge in [0.15, 0.2) is 0 Å². The summed E-state index contributed by atoms with van der Waals surface area (Å²) in [6.07, 6.45) is 6.80. The highest BCUT2D eigenvalue weighted by Gasteiger charge is 2.11. The van der Waals surface area contributed by atoms with E-state index < -0.39 is 0 Å². The molecule has 0 unspecified atom stereocenters. The van der Waals surface area contributed by atoms with Crippen molar-refractivity contribution in [2.24, 2.45) is 0 Å². The van der Waals surface area contributed by atoms with E-state index in [1.807, 2.05) is 6.92 Å². The molecule has 0 aromatic rings. The van der Waals surface area contributed by atoms with Crippen LogP contribution in [0.3, 0.4) is 0 Å². The minimum atomic E-state index is 0. The van der Waals surface area contributed by atoms with Crippen molar-refractivity contribution >= 4 is 0 Å². The van der Waals surface area contributed by atoms with Gasteiger partial charge in [0, 0.05) is 7.47 Å². The summed E-state index contributed by atoms with van der Waals surface area (Å²) in [4.78, 5) is 0. The Morgan fingerprint density at radius 2 is 2.09 bits per heavy atom. The van der Waals surface area contributed by atoms with E-state index >= 15 is 0 Å². The number of nitrogens with one attached hydrogen (secondary N) is 1. The maximum absolute atomic E-state index is 3.60. The highest BCUT2D eigenvalue weighted by atomic mass is 14.9. The third-order valence-electron chi connectivity index (χ3n) is 2.29. The first-order valence-corrected chi connectivity index (χ1v) is 4.46. The first-order chi connectivity index (χ1) is 5.33. The molecule has 0 bridgehead atoms. The number of hydrogen-bond acceptors (Lipinski definition) is 1. The van der Waals surface area contributed by atoms with E-state index in [0.717, 1.165) is 5.70 Å². The van der Waals surface area contributed by atoms with Crippen molar-refractivity contribution in [1.82, 2.24) is 5.32 Å². The van der Waals surface area contributed by atoms with Crippen molar-refractivity contribution < 1.29 is 1.43 Å². The molecule has 0 amide bonds. The summed E-state index contributed by atoms with van der Waals surface area (Å²) >= 11 is 0. The smallest absolute Gasteiger partial charge is 0.0502 e. The molecule has 1 fully saturated rings. The second-order valence-electron chi connectivity index (χ2n) is 3.28. The predicted molar refractivity (Wildman–Crippen MR) is 50.4 cm³/mol. The Labute approximate surface area is 70.7 Å². The lowest BCUT2D eigenvalue weighted by molar-refractivity contribution is 0.397. The van der Waals surface area contributed by atoms with Crippen LogP contribution in [-0.4, -0.2) is 6.04 Å². The summed E-state index contributed by atoms with van der Waals surface area (Å²) in [7, 11) is 0. The number of allylic oxidation sites excluding steroid dienone is 1. The molecule has 1 aliphatic carbocycles. The minimum Gasteiger partial charge on any atom is -0.380 e. The van der Waals surface area contributed by atoms with Crippen molar-refractivity contribution in [1.29, 1.82) is 0 Å². The second-order valence-corrected chi connectivity index (χ2v) is 3.28. The van der Waals surface area contributed by atoms with Gasteiger partial charge in [-0.1, -0.05) is 25.8 Å². The molecule has 1 nitrogen and oxygen atoms in total. The molecule has 1 rings (SSSR count). The minimum absolute atomic E-state index is 0. The highest BCUT2D eigenvalue weighted by Crippen LogP contribution is 2.17. The van der Waals surface area contributed by atoms with Crippen LogP contribution in [0, 0.1) is 0 Å². The van der Waals surface area contributed by atoms with Gasteiger partial charge in [-0.25, -0.2) is 0 Å². The maximum atomic E-state index is 3.60. The average Bonchev–Trinajstić information content (AvgIpc) is 2.06. The van der Waals surface area contributed by atoms with Crippen LogP contribution >= 0.6 is 0 Å². The zero-order valence-corrected chi connectivity index (χ0v) is 7.32. The van der Waals surface area contributed by atoms with Crippen LogP contribution in [0.15, 0.2) is 18.0 Å². The van der Waals surface area contributed by atoms with E-state index in [9.17, 15) is 0 Å². The molecule has 1 aliphatic rings. The summed E-state index contributed by atoms with van der Waals surface area (Å²) in [6, 6.07) is 0.693. The van der Waals surface area contributed by atoms with Gasteiger partial charge >= 0.3 is 0 Å². The molecular formula is C10H19N. The average molecular weight is 153 g/mol. The Balaban J connectivity index is 0.00000121. The Morgan fingerprint density at radius 3 is 2.64 bits per heavy atom. The molecule has 0 aromatic heterocycles. The molecule has 0 spiro atoms. The molecule has 0 saturated heterocycles. The zero-order chi connectivity index (χ0) is 8.10. The Kier molecular flexibility index (Phi) is 3.25. The van der Waals surface area contributed by atoms with Gasteiger partial charge in [-0.3, -0.25) is 0 Å². The van der Waals surface area contributed by atoms with Crippen LogP contribution in [0.25, 0.3) is 0 Å². The third kappa shape index (κ3) is 2.81. The Bertz CT molecular complexity index is 165. The molecule has 0 atom stereocenters. The molecule has 0 aromatic carbocycles. The summed E-state index contributed by atoms with van der Waals surface area (Å²) in [5, 5.41) is 3.41. The fraction of sp³-hybridized carbons (Fsp3) is 0.700. The lowest BCUT2D eigenvalue weighted by atomic mass is 9.95. The van der Waals surface area contributed by atoms with E-state index in [2.05, 4.69) is 17.6 Å². The van der Waals surface area contributed by atoms with E-state index in [0.29, 0.717) is 6.04 Å². The monoisotopic (exact) mass is 153 g/mol. The lowest BCUT2D eigenvalue weighted by Crippen LogP contribution is -2.29. The Hall–Kier alpha value is -0.680. The predicted octanol–water partition coefficient (Wildman–Crippen LogP) is 2.84. The van der Waals surface area contributed by atoms with Gasteiger partial charge < -0.3 is 5.32 Å². The molecule has 0 radical (unpaired) electrons. The summed E-state index contributed by atoms with van der Waals surface area (Å²) in [5.41, 5.74) is 3.96. The van der Waals surface area contributed by atoms with Crippen LogP contribution < -0.4 is 5.32 Å². The van der Waals surface area contributed by atoms with Crippen molar-refractivity contribution in [2.45, 2.75) is 45.1 Å². The summed E-state index contributed by atoms with van der Waals surface area (Å²) < 4.78 is 0. The van der Waals surface area contributed by atoms with Crippen molar-refractivity contribution in [3.05, 3.63) is 18.0 Å². The molecule has 1 heteroatoms. The van der Waals surface area contributed by atoms with Gasteiger partial charge in [0.2, 0.25) is 0 Å². The molecule has 11 heavy (non-hydrogen) atoms. The SMILES string of the molecule is C=C=C(C)NC1CCCCC1.[HH]. The van der Waals surface area contributed by atoms with Gasteiger partial charge in [-0.2, -0.15) is 0 Å². The normalized spacial score (nSPS) is 19.0. The molecule has 64 valence electrons. The van der Waals surface area contributed by atoms with Crippen molar-refractivity contribution in [3.63, 3.8) is 0 Å². The zero-order valence-electron chi connectivity index (χ0n) is 7.32. The van der Waals surface area contributed by atoms with Crippen LogP contribution in [0.5, 0.6) is 0 Å². The van der Waals surface area contributed by atoms with Crippen LogP contribution in [0.2, 0.25) is 0 Å². The second kappa shape index (κ2) is 4.25. The van der Waals surface area contributed by atoms with Crippen LogP contribution in [0.4, 0.5) is 0 Å². The van der Waals surface area contributed by atoms with Crippen LogP contribution in [0.1, 0.15) is 40.5 Å². The quantitative estimate of drug-likeness (QED) is 0.601.